The monoisotopic (exact) mass is 340 g/mol. The van der Waals surface area contributed by atoms with Crippen molar-refractivity contribution in [2.75, 3.05) is 19.6 Å². The molecule has 1 atom stereocenters. The summed E-state index contributed by atoms with van der Waals surface area (Å²) in [5.74, 6) is 0.372. The highest BCUT2D eigenvalue weighted by Gasteiger charge is 2.50. The predicted octanol–water partition coefficient (Wildman–Crippen LogP) is 3.68. The zero-order valence-corrected chi connectivity index (χ0v) is 15.0. The molecule has 1 aromatic carbocycles. The molecule has 2 aliphatic rings. The SMILES string of the molecule is Cc1cccc(CN2CC[C@@]3(CCN(Cc4ccsc4)C3)C2=O)c1. The van der Waals surface area contributed by atoms with Crippen LogP contribution in [0.2, 0.25) is 0 Å². The Morgan fingerprint density at radius 1 is 1.12 bits per heavy atom. The number of amides is 1. The summed E-state index contributed by atoms with van der Waals surface area (Å²) in [6, 6.07) is 10.7. The fourth-order valence-electron chi connectivity index (χ4n) is 4.19. The minimum Gasteiger partial charge on any atom is -0.338 e. The van der Waals surface area contributed by atoms with E-state index in [4.69, 9.17) is 0 Å². The third-order valence-corrected chi connectivity index (χ3v) is 6.21. The second-order valence-corrected chi connectivity index (χ2v) is 8.12. The van der Waals surface area contributed by atoms with Gasteiger partial charge in [-0.25, -0.2) is 0 Å². The zero-order valence-electron chi connectivity index (χ0n) is 14.2. The standard InChI is InChI=1S/C20H24N2OS/c1-16-3-2-4-17(11-16)13-22-9-7-20(19(22)23)6-8-21(15-20)12-18-5-10-24-14-18/h2-5,10-11,14H,6-9,12-13,15H2,1H3/t20-/m1/s1. The van der Waals surface area contributed by atoms with E-state index < -0.39 is 0 Å². The Morgan fingerprint density at radius 2 is 2.00 bits per heavy atom. The molecule has 0 saturated carbocycles. The van der Waals surface area contributed by atoms with Crippen molar-refractivity contribution in [3.8, 4) is 0 Å². The van der Waals surface area contributed by atoms with Crippen LogP contribution in [-0.2, 0) is 17.9 Å². The van der Waals surface area contributed by atoms with Gasteiger partial charge >= 0.3 is 0 Å². The third kappa shape index (κ3) is 3.01. The summed E-state index contributed by atoms with van der Waals surface area (Å²) in [7, 11) is 0. The van der Waals surface area contributed by atoms with Gasteiger partial charge in [-0.3, -0.25) is 9.69 Å². The second-order valence-electron chi connectivity index (χ2n) is 7.34. The van der Waals surface area contributed by atoms with Crippen molar-refractivity contribution in [1.82, 2.24) is 9.80 Å². The first-order chi connectivity index (χ1) is 11.6. The van der Waals surface area contributed by atoms with E-state index in [1.165, 1.54) is 16.7 Å². The first kappa shape index (κ1) is 15.9. The van der Waals surface area contributed by atoms with Gasteiger partial charge in [-0.2, -0.15) is 11.3 Å². The fraction of sp³-hybridized carbons (Fsp3) is 0.450. The number of nitrogens with zero attached hydrogens (tertiary/aromatic N) is 2. The van der Waals surface area contributed by atoms with Crippen molar-refractivity contribution < 1.29 is 4.79 Å². The second kappa shape index (κ2) is 6.34. The van der Waals surface area contributed by atoms with Crippen LogP contribution in [0.25, 0.3) is 0 Å². The summed E-state index contributed by atoms with van der Waals surface area (Å²) in [5.41, 5.74) is 3.75. The van der Waals surface area contributed by atoms with Gasteiger partial charge < -0.3 is 4.90 Å². The number of benzene rings is 1. The molecule has 0 unspecified atom stereocenters. The number of carbonyl (C=O) groups excluding carboxylic acids is 1. The van der Waals surface area contributed by atoms with Crippen LogP contribution in [0.3, 0.4) is 0 Å². The molecule has 2 saturated heterocycles. The summed E-state index contributed by atoms with van der Waals surface area (Å²) >= 11 is 1.75. The van der Waals surface area contributed by atoms with E-state index in [2.05, 4.69) is 57.8 Å². The van der Waals surface area contributed by atoms with Crippen molar-refractivity contribution in [3.05, 3.63) is 57.8 Å². The highest BCUT2D eigenvalue weighted by molar-refractivity contribution is 7.07. The summed E-state index contributed by atoms with van der Waals surface area (Å²) in [5, 5.41) is 4.34. The Bertz CT molecular complexity index is 727. The van der Waals surface area contributed by atoms with Gasteiger partial charge in [0.05, 0.1) is 5.41 Å². The molecule has 2 aromatic rings. The maximum absolute atomic E-state index is 13.1. The topological polar surface area (TPSA) is 23.6 Å². The van der Waals surface area contributed by atoms with Gasteiger partial charge in [0, 0.05) is 26.2 Å². The number of aryl methyl sites for hydroxylation is 1. The quantitative estimate of drug-likeness (QED) is 0.848. The minimum absolute atomic E-state index is 0.125. The maximum Gasteiger partial charge on any atom is 0.230 e. The van der Waals surface area contributed by atoms with Gasteiger partial charge in [-0.1, -0.05) is 29.8 Å². The van der Waals surface area contributed by atoms with E-state index in [-0.39, 0.29) is 5.41 Å². The molecule has 0 radical (unpaired) electrons. The van der Waals surface area contributed by atoms with Gasteiger partial charge in [0.15, 0.2) is 0 Å². The van der Waals surface area contributed by atoms with Crippen LogP contribution in [0.15, 0.2) is 41.1 Å². The van der Waals surface area contributed by atoms with Gasteiger partial charge in [-0.05, 0) is 54.3 Å². The largest absolute Gasteiger partial charge is 0.338 e. The first-order valence-electron chi connectivity index (χ1n) is 8.73. The van der Waals surface area contributed by atoms with Gasteiger partial charge in [0.1, 0.15) is 0 Å². The Kier molecular flexibility index (Phi) is 4.19. The van der Waals surface area contributed by atoms with Crippen LogP contribution in [0.4, 0.5) is 0 Å². The fourth-order valence-corrected chi connectivity index (χ4v) is 4.85. The molecule has 0 aliphatic carbocycles. The van der Waals surface area contributed by atoms with Crippen LogP contribution in [-0.4, -0.2) is 35.3 Å². The van der Waals surface area contributed by atoms with E-state index in [0.29, 0.717) is 5.91 Å². The lowest BCUT2D eigenvalue weighted by atomic mass is 9.85. The molecular formula is C20H24N2OS. The van der Waals surface area contributed by atoms with Gasteiger partial charge in [-0.15, -0.1) is 0 Å². The summed E-state index contributed by atoms with van der Waals surface area (Å²) in [6.07, 6.45) is 2.03. The molecule has 0 bridgehead atoms. The normalized spacial score (nSPS) is 24.4. The van der Waals surface area contributed by atoms with Gasteiger partial charge in [0.2, 0.25) is 5.91 Å². The van der Waals surface area contributed by atoms with Crippen LogP contribution in [0, 0.1) is 12.3 Å². The smallest absolute Gasteiger partial charge is 0.230 e. The Labute approximate surface area is 147 Å². The van der Waals surface area contributed by atoms with Crippen LogP contribution in [0.5, 0.6) is 0 Å². The van der Waals surface area contributed by atoms with Crippen LogP contribution >= 0.6 is 11.3 Å². The van der Waals surface area contributed by atoms with E-state index in [9.17, 15) is 4.79 Å². The average molecular weight is 340 g/mol. The molecule has 1 spiro atoms. The predicted molar refractivity (Wildman–Crippen MR) is 97.9 cm³/mol. The Balaban J connectivity index is 1.41. The number of hydrogen-bond donors (Lipinski definition) is 0. The molecule has 4 heteroatoms. The minimum atomic E-state index is -0.125. The number of hydrogen-bond acceptors (Lipinski definition) is 3. The van der Waals surface area contributed by atoms with E-state index >= 15 is 0 Å². The molecule has 1 amide bonds. The molecule has 24 heavy (non-hydrogen) atoms. The maximum atomic E-state index is 13.1. The van der Waals surface area contributed by atoms with E-state index in [0.717, 1.165) is 45.6 Å². The Hall–Kier alpha value is -1.65. The molecule has 1 aromatic heterocycles. The average Bonchev–Trinajstić information content (AvgIpc) is 3.27. The van der Waals surface area contributed by atoms with Gasteiger partial charge in [0.25, 0.3) is 0 Å². The van der Waals surface area contributed by atoms with Crippen molar-refractivity contribution in [2.45, 2.75) is 32.9 Å². The van der Waals surface area contributed by atoms with Crippen molar-refractivity contribution in [1.29, 1.82) is 0 Å². The molecule has 2 aliphatic heterocycles. The third-order valence-electron chi connectivity index (χ3n) is 5.48. The molecule has 126 valence electrons. The van der Waals surface area contributed by atoms with Crippen molar-refractivity contribution in [3.63, 3.8) is 0 Å². The summed E-state index contributed by atoms with van der Waals surface area (Å²) in [6.45, 7) is 6.71. The highest BCUT2D eigenvalue weighted by Crippen LogP contribution is 2.41. The Morgan fingerprint density at radius 3 is 2.79 bits per heavy atom. The molecular weight excluding hydrogens is 316 g/mol. The first-order valence-corrected chi connectivity index (χ1v) is 9.67. The summed E-state index contributed by atoms with van der Waals surface area (Å²) < 4.78 is 0. The lowest BCUT2D eigenvalue weighted by Crippen LogP contribution is -2.36. The van der Waals surface area contributed by atoms with Crippen molar-refractivity contribution >= 4 is 17.2 Å². The molecule has 4 rings (SSSR count). The van der Waals surface area contributed by atoms with E-state index in [1.807, 2.05) is 0 Å². The lowest BCUT2D eigenvalue weighted by Gasteiger charge is -2.24. The van der Waals surface area contributed by atoms with Crippen molar-refractivity contribution in [2.24, 2.45) is 5.41 Å². The summed E-state index contributed by atoms with van der Waals surface area (Å²) in [4.78, 5) is 17.6. The number of thiophene rings is 1. The molecule has 3 nitrogen and oxygen atoms in total. The number of rotatable bonds is 4. The zero-order chi connectivity index (χ0) is 16.6. The number of carbonyl (C=O) groups is 1. The highest BCUT2D eigenvalue weighted by atomic mass is 32.1. The molecule has 2 fully saturated rings. The lowest BCUT2D eigenvalue weighted by molar-refractivity contribution is -0.136. The van der Waals surface area contributed by atoms with Crippen LogP contribution in [0.1, 0.15) is 29.5 Å². The molecule has 0 N–H and O–H groups in total. The van der Waals surface area contributed by atoms with Crippen LogP contribution < -0.4 is 0 Å². The molecule has 3 heterocycles. The van der Waals surface area contributed by atoms with E-state index in [1.54, 1.807) is 11.3 Å². The number of likely N-dealkylation sites (tertiary alicyclic amines) is 2.